The quantitative estimate of drug-likeness (QED) is 0.0852. The number of carbonyl (C=O) groups excluding carboxylic acids is 5. The number of anilines is 2. The average molecular weight is 907 g/mol. The monoisotopic (exact) mass is 906 g/mol. The summed E-state index contributed by atoms with van der Waals surface area (Å²) in [6, 6.07) is 26.1. The van der Waals surface area contributed by atoms with E-state index in [0.717, 1.165) is 26.1 Å². The standard InChI is InChI=1S/C51H43ClN4O8S/c1-26-34-23-30(52)14-20-41(34)65-46(26)38-25-42(54(3)53-38)56-48(60)37-24-35-32(36(51(37,2)50(56)62)19-11-27-21-39(63-4)45(58)40(22-27)64-5)17-18-33-43(35)49(61)55(47(33)59)31-15-12-29(13-16-31)44(57)28-9-7-6-8-10-28/h6-17,19-23,25,33,35-37,43,58H,18,24H2,1-5H3. The van der Waals surface area contributed by atoms with E-state index in [1.807, 2.05) is 50.3 Å². The minimum atomic E-state index is -1.31. The van der Waals surface area contributed by atoms with Crippen LogP contribution in [-0.4, -0.2) is 58.5 Å². The van der Waals surface area contributed by atoms with Gasteiger partial charge in [0.1, 0.15) is 11.5 Å². The van der Waals surface area contributed by atoms with Gasteiger partial charge in [-0.2, -0.15) is 5.10 Å². The fourth-order valence-corrected chi connectivity index (χ4v) is 12.0. The van der Waals surface area contributed by atoms with Crippen LogP contribution in [0.15, 0.2) is 109 Å². The SMILES string of the molecule is COc1cc(C=CC2C3=CCC4C(=O)N(c5ccc(C(=O)c6ccccc6)cc5)C(=O)C4C3CC3C(=O)N(c4cc(-c5sc6ccc(Cl)cc6c5C)nn4C)C(=O)C23C)cc(OC)c1O. The van der Waals surface area contributed by atoms with Crippen molar-refractivity contribution in [2.24, 2.45) is 42.1 Å². The molecule has 1 N–H and O–H groups in total. The molecule has 4 aromatic carbocycles. The molecule has 6 aromatic rings. The van der Waals surface area contributed by atoms with Gasteiger partial charge in [0, 0.05) is 39.9 Å². The van der Waals surface area contributed by atoms with Crippen molar-refractivity contribution >= 4 is 80.0 Å². The van der Waals surface area contributed by atoms with Crippen molar-refractivity contribution in [3.8, 4) is 27.8 Å². The molecule has 0 bridgehead atoms. The number of hydrogen-bond acceptors (Lipinski definition) is 10. The molecule has 2 aromatic heterocycles. The summed E-state index contributed by atoms with van der Waals surface area (Å²) >= 11 is 7.90. The number of aromatic hydroxyl groups is 1. The Morgan fingerprint density at radius 3 is 2.26 bits per heavy atom. The molecule has 0 radical (unpaired) electrons. The van der Waals surface area contributed by atoms with Crippen LogP contribution in [0, 0.1) is 41.9 Å². The number of ether oxygens (including phenoxy) is 2. The highest BCUT2D eigenvalue weighted by molar-refractivity contribution is 7.22. The van der Waals surface area contributed by atoms with Crippen molar-refractivity contribution in [3.63, 3.8) is 0 Å². The smallest absolute Gasteiger partial charge is 0.242 e. The normalized spacial score (nSPS) is 23.8. The first-order chi connectivity index (χ1) is 31.2. The molecule has 6 atom stereocenters. The summed E-state index contributed by atoms with van der Waals surface area (Å²) in [5, 5.41) is 17.1. The molecule has 328 valence electrons. The third kappa shape index (κ3) is 6.46. The van der Waals surface area contributed by atoms with E-state index in [4.69, 9.17) is 26.2 Å². The molecule has 2 aliphatic carbocycles. The summed E-state index contributed by atoms with van der Waals surface area (Å²) in [6.07, 6.45) is 6.08. The zero-order valence-corrected chi connectivity index (χ0v) is 37.6. The van der Waals surface area contributed by atoms with Gasteiger partial charge in [-0.05, 0) is 104 Å². The lowest BCUT2D eigenvalue weighted by Gasteiger charge is -2.47. The van der Waals surface area contributed by atoms with Gasteiger partial charge in [0.05, 0.1) is 48.0 Å². The second-order valence-electron chi connectivity index (χ2n) is 17.3. The molecule has 12 nitrogen and oxygen atoms in total. The van der Waals surface area contributed by atoms with Crippen LogP contribution in [0.25, 0.3) is 26.7 Å². The number of thiophene rings is 1. The van der Waals surface area contributed by atoms with Crippen LogP contribution in [0.1, 0.15) is 46.8 Å². The van der Waals surface area contributed by atoms with Gasteiger partial charge in [0.25, 0.3) is 0 Å². The number of fused-ring (bicyclic) bond motifs is 5. The van der Waals surface area contributed by atoms with E-state index in [9.17, 15) is 19.5 Å². The van der Waals surface area contributed by atoms with E-state index >= 15 is 9.59 Å². The molecule has 4 amide bonds. The summed E-state index contributed by atoms with van der Waals surface area (Å²) in [6.45, 7) is 3.81. The summed E-state index contributed by atoms with van der Waals surface area (Å²) in [7, 11) is 4.58. The number of amides is 4. The predicted molar refractivity (Wildman–Crippen MR) is 248 cm³/mol. The Morgan fingerprint density at radius 2 is 1.57 bits per heavy atom. The Labute approximate surface area is 383 Å². The highest BCUT2D eigenvalue weighted by Crippen LogP contribution is 2.61. The van der Waals surface area contributed by atoms with Crippen LogP contribution < -0.4 is 19.3 Å². The Morgan fingerprint density at radius 1 is 0.877 bits per heavy atom. The molecule has 4 aliphatic rings. The van der Waals surface area contributed by atoms with Crippen molar-refractivity contribution in [3.05, 3.63) is 136 Å². The van der Waals surface area contributed by atoms with Gasteiger partial charge in [0.2, 0.25) is 29.4 Å². The molecule has 3 fully saturated rings. The van der Waals surface area contributed by atoms with Gasteiger partial charge in [-0.15, -0.1) is 11.3 Å². The van der Waals surface area contributed by atoms with Crippen LogP contribution in [-0.2, 0) is 26.2 Å². The summed E-state index contributed by atoms with van der Waals surface area (Å²) in [5.41, 5.74) is 2.99. The zero-order valence-electron chi connectivity index (χ0n) is 36.1. The number of allylic oxidation sites excluding steroid dienone is 3. The largest absolute Gasteiger partial charge is 0.502 e. The number of nitrogens with zero attached hydrogens (tertiary/aromatic N) is 4. The summed E-state index contributed by atoms with van der Waals surface area (Å²) in [5.74, 6) is -4.82. The number of ketones is 1. The zero-order chi connectivity index (χ0) is 45.6. The fourth-order valence-electron chi connectivity index (χ4n) is 10.6. The maximum absolute atomic E-state index is 15.3. The maximum Gasteiger partial charge on any atom is 0.242 e. The Kier molecular flexibility index (Phi) is 10.2. The van der Waals surface area contributed by atoms with Crippen molar-refractivity contribution in [2.45, 2.75) is 26.7 Å². The Balaban J connectivity index is 1.03. The maximum atomic E-state index is 15.3. The van der Waals surface area contributed by atoms with Gasteiger partial charge in [-0.3, -0.25) is 33.6 Å². The lowest BCUT2D eigenvalue weighted by atomic mass is 9.52. The van der Waals surface area contributed by atoms with E-state index in [2.05, 4.69) is 0 Å². The molecule has 10 rings (SSSR count). The van der Waals surface area contributed by atoms with Gasteiger partial charge >= 0.3 is 0 Å². The number of aromatic nitrogens is 2. The molecular formula is C51H43ClN4O8S. The molecule has 0 spiro atoms. The number of methoxy groups -OCH3 is 2. The Hall–Kier alpha value is -6.83. The highest BCUT2D eigenvalue weighted by Gasteiger charge is 2.67. The van der Waals surface area contributed by atoms with E-state index in [1.54, 1.807) is 95.9 Å². The number of imide groups is 2. The number of benzene rings is 4. The molecule has 6 unspecified atom stereocenters. The molecular weight excluding hydrogens is 864 g/mol. The fraction of sp³-hybridized carbons (Fsp3) is 0.255. The van der Waals surface area contributed by atoms with Gasteiger partial charge in [0.15, 0.2) is 17.3 Å². The van der Waals surface area contributed by atoms with Crippen LogP contribution >= 0.6 is 22.9 Å². The topological polar surface area (TPSA) is 148 Å². The van der Waals surface area contributed by atoms with E-state index in [0.29, 0.717) is 38.9 Å². The number of aryl methyl sites for hydroxylation is 2. The third-order valence-corrected chi connectivity index (χ3v) is 15.5. The van der Waals surface area contributed by atoms with Gasteiger partial charge in [-0.1, -0.05) is 65.7 Å². The number of carbonyl (C=O) groups is 5. The van der Waals surface area contributed by atoms with Crippen LogP contribution in [0.3, 0.4) is 0 Å². The summed E-state index contributed by atoms with van der Waals surface area (Å²) in [4.78, 5) is 76.0. The first kappa shape index (κ1) is 42.1. The van der Waals surface area contributed by atoms with Crippen LogP contribution in [0.2, 0.25) is 5.02 Å². The van der Waals surface area contributed by atoms with Crippen LogP contribution in [0.4, 0.5) is 11.5 Å². The molecule has 1 saturated carbocycles. The third-order valence-electron chi connectivity index (χ3n) is 14.0. The van der Waals surface area contributed by atoms with E-state index < -0.39 is 46.8 Å². The van der Waals surface area contributed by atoms with Gasteiger partial charge in [-0.25, -0.2) is 4.90 Å². The predicted octanol–water partition coefficient (Wildman–Crippen LogP) is 9.20. The Bertz CT molecular complexity index is 3060. The summed E-state index contributed by atoms with van der Waals surface area (Å²) < 4.78 is 13.5. The van der Waals surface area contributed by atoms with Gasteiger partial charge < -0.3 is 14.6 Å². The highest BCUT2D eigenvalue weighted by atomic mass is 35.5. The van der Waals surface area contributed by atoms with Crippen LogP contribution in [0.5, 0.6) is 17.2 Å². The second-order valence-corrected chi connectivity index (χ2v) is 18.8. The van der Waals surface area contributed by atoms with Crippen molar-refractivity contribution in [2.75, 3.05) is 24.0 Å². The molecule has 4 heterocycles. The first-order valence-corrected chi connectivity index (χ1v) is 22.5. The molecule has 65 heavy (non-hydrogen) atoms. The molecule has 2 saturated heterocycles. The number of phenolic OH excluding ortho intramolecular Hbond substituents is 1. The first-order valence-electron chi connectivity index (χ1n) is 21.3. The second kappa shape index (κ2) is 15.7. The number of phenols is 1. The molecule has 14 heteroatoms. The van der Waals surface area contributed by atoms with Crippen molar-refractivity contribution in [1.82, 2.24) is 9.78 Å². The van der Waals surface area contributed by atoms with E-state index in [-0.39, 0.29) is 47.7 Å². The van der Waals surface area contributed by atoms with Crippen molar-refractivity contribution in [1.29, 1.82) is 0 Å². The minimum Gasteiger partial charge on any atom is -0.502 e. The van der Waals surface area contributed by atoms with E-state index in [1.165, 1.54) is 24.0 Å². The van der Waals surface area contributed by atoms with Crippen molar-refractivity contribution < 1.29 is 38.6 Å². The number of hydrogen-bond donors (Lipinski definition) is 1. The number of halogens is 1. The lowest BCUT2D eigenvalue weighted by molar-refractivity contribution is -0.132. The minimum absolute atomic E-state index is 0.161. The number of rotatable bonds is 9. The molecule has 2 aliphatic heterocycles. The lowest BCUT2D eigenvalue weighted by Crippen LogP contribution is -2.49. The average Bonchev–Trinajstić information content (AvgIpc) is 3.99.